The SMILES string of the molecule is CCN(CC)c1ccc(NC(=O)C2(C(=O)NCc3ccco3)CC2)c(C)c1. The standard InChI is InChI=1S/C21H27N3O3/c1-4-24(5-2)16-8-9-18(15(3)13-16)23-20(26)21(10-11-21)19(25)22-14-17-7-6-12-27-17/h6-9,12-13H,4-5,10-11,14H2,1-3H3,(H,22,25)(H,23,26). The fourth-order valence-corrected chi connectivity index (χ4v) is 3.25. The van der Waals surface area contributed by atoms with Crippen molar-refractivity contribution < 1.29 is 14.0 Å². The molecule has 0 unspecified atom stereocenters. The van der Waals surface area contributed by atoms with Crippen LogP contribution in [-0.2, 0) is 16.1 Å². The second kappa shape index (κ2) is 7.86. The van der Waals surface area contributed by atoms with Crippen LogP contribution in [0.25, 0.3) is 0 Å². The molecule has 1 aliphatic rings. The minimum Gasteiger partial charge on any atom is -0.467 e. The van der Waals surface area contributed by atoms with Crippen LogP contribution in [0.3, 0.4) is 0 Å². The zero-order valence-electron chi connectivity index (χ0n) is 16.2. The Balaban J connectivity index is 1.65. The Hall–Kier alpha value is -2.76. The molecule has 0 saturated heterocycles. The van der Waals surface area contributed by atoms with E-state index in [1.54, 1.807) is 18.4 Å². The number of amides is 2. The van der Waals surface area contributed by atoms with Crippen molar-refractivity contribution in [2.75, 3.05) is 23.3 Å². The molecular formula is C21H27N3O3. The maximum absolute atomic E-state index is 12.8. The largest absolute Gasteiger partial charge is 0.467 e. The van der Waals surface area contributed by atoms with Gasteiger partial charge in [-0.05, 0) is 69.5 Å². The third-order valence-electron chi connectivity index (χ3n) is 5.21. The molecule has 2 aromatic rings. The summed E-state index contributed by atoms with van der Waals surface area (Å²) in [6.07, 6.45) is 2.70. The van der Waals surface area contributed by atoms with E-state index in [-0.39, 0.29) is 11.8 Å². The lowest BCUT2D eigenvalue weighted by atomic mass is 10.0. The fourth-order valence-electron chi connectivity index (χ4n) is 3.25. The lowest BCUT2D eigenvalue weighted by molar-refractivity contribution is -0.134. The van der Waals surface area contributed by atoms with E-state index in [0.717, 1.165) is 30.0 Å². The van der Waals surface area contributed by atoms with E-state index < -0.39 is 5.41 Å². The van der Waals surface area contributed by atoms with Gasteiger partial charge >= 0.3 is 0 Å². The highest BCUT2D eigenvalue weighted by molar-refractivity contribution is 6.13. The highest BCUT2D eigenvalue weighted by atomic mass is 16.3. The number of rotatable bonds is 8. The molecule has 1 aromatic carbocycles. The van der Waals surface area contributed by atoms with Crippen molar-refractivity contribution in [2.45, 2.75) is 40.2 Å². The van der Waals surface area contributed by atoms with Crippen LogP contribution >= 0.6 is 0 Å². The van der Waals surface area contributed by atoms with Gasteiger partial charge in [-0.2, -0.15) is 0 Å². The molecular weight excluding hydrogens is 342 g/mol. The summed E-state index contributed by atoms with van der Waals surface area (Å²) in [4.78, 5) is 27.6. The van der Waals surface area contributed by atoms with E-state index in [0.29, 0.717) is 25.1 Å². The Labute approximate surface area is 159 Å². The second-order valence-electron chi connectivity index (χ2n) is 6.97. The number of nitrogens with zero attached hydrogens (tertiary/aromatic N) is 1. The maximum Gasteiger partial charge on any atom is 0.240 e. The van der Waals surface area contributed by atoms with Crippen molar-refractivity contribution >= 4 is 23.2 Å². The summed E-state index contributed by atoms with van der Waals surface area (Å²) in [5.41, 5.74) is 1.91. The number of carbonyl (C=O) groups excluding carboxylic acids is 2. The van der Waals surface area contributed by atoms with Crippen LogP contribution in [0.4, 0.5) is 11.4 Å². The average molecular weight is 369 g/mol. The number of hydrogen-bond acceptors (Lipinski definition) is 4. The van der Waals surface area contributed by atoms with E-state index >= 15 is 0 Å². The van der Waals surface area contributed by atoms with Gasteiger partial charge in [0.05, 0.1) is 12.8 Å². The lowest BCUT2D eigenvalue weighted by Gasteiger charge is -2.22. The summed E-state index contributed by atoms with van der Waals surface area (Å²) in [6, 6.07) is 9.55. The molecule has 27 heavy (non-hydrogen) atoms. The average Bonchev–Trinajstić information content (AvgIpc) is 3.32. The molecule has 0 aliphatic heterocycles. The van der Waals surface area contributed by atoms with Crippen LogP contribution in [0.5, 0.6) is 0 Å². The van der Waals surface area contributed by atoms with Crippen molar-refractivity contribution in [1.82, 2.24) is 5.32 Å². The predicted octanol–water partition coefficient (Wildman–Crippen LogP) is 3.47. The van der Waals surface area contributed by atoms with E-state index in [9.17, 15) is 9.59 Å². The van der Waals surface area contributed by atoms with E-state index in [1.807, 2.05) is 19.1 Å². The number of aryl methyl sites for hydroxylation is 1. The predicted molar refractivity (Wildman–Crippen MR) is 106 cm³/mol. The molecule has 6 heteroatoms. The lowest BCUT2D eigenvalue weighted by Crippen LogP contribution is -2.39. The van der Waals surface area contributed by atoms with Crippen molar-refractivity contribution in [1.29, 1.82) is 0 Å². The topological polar surface area (TPSA) is 74.6 Å². The van der Waals surface area contributed by atoms with Crippen LogP contribution < -0.4 is 15.5 Å². The number of hydrogen-bond donors (Lipinski definition) is 2. The highest BCUT2D eigenvalue weighted by Crippen LogP contribution is 2.47. The van der Waals surface area contributed by atoms with Gasteiger partial charge in [0.15, 0.2) is 0 Å². The summed E-state index contributed by atoms with van der Waals surface area (Å²) >= 11 is 0. The molecule has 1 aromatic heterocycles. The Morgan fingerprint density at radius 1 is 1.15 bits per heavy atom. The van der Waals surface area contributed by atoms with Gasteiger partial charge < -0.3 is 20.0 Å². The zero-order chi connectivity index (χ0) is 19.4. The molecule has 3 rings (SSSR count). The molecule has 1 saturated carbocycles. The molecule has 0 atom stereocenters. The normalized spacial score (nSPS) is 14.5. The van der Waals surface area contributed by atoms with E-state index in [4.69, 9.17) is 4.42 Å². The first kappa shape index (κ1) is 19.0. The molecule has 6 nitrogen and oxygen atoms in total. The fraction of sp³-hybridized carbons (Fsp3) is 0.429. The van der Waals surface area contributed by atoms with Crippen molar-refractivity contribution in [2.24, 2.45) is 5.41 Å². The summed E-state index contributed by atoms with van der Waals surface area (Å²) < 4.78 is 5.22. The monoisotopic (exact) mass is 369 g/mol. The minimum atomic E-state index is -0.962. The van der Waals surface area contributed by atoms with Gasteiger partial charge in [-0.15, -0.1) is 0 Å². The quantitative estimate of drug-likeness (QED) is 0.699. The minimum absolute atomic E-state index is 0.238. The summed E-state index contributed by atoms with van der Waals surface area (Å²) in [5.74, 6) is 0.189. The van der Waals surface area contributed by atoms with E-state index in [1.165, 1.54) is 0 Å². The highest BCUT2D eigenvalue weighted by Gasteiger charge is 2.56. The second-order valence-corrected chi connectivity index (χ2v) is 6.97. The third kappa shape index (κ3) is 3.99. The van der Waals surface area contributed by atoms with Gasteiger partial charge in [0, 0.05) is 24.5 Å². The van der Waals surface area contributed by atoms with Gasteiger partial charge in [0.25, 0.3) is 0 Å². The Morgan fingerprint density at radius 3 is 2.44 bits per heavy atom. The zero-order valence-corrected chi connectivity index (χ0v) is 16.2. The van der Waals surface area contributed by atoms with Crippen molar-refractivity contribution in [3.05, 3.63) is 47.9 Å². The van der Waals surface area contributed by atoms with Gasteiger partial charge in [0.2, 0.25) is 11.8 Å². The van der Waals surface area contributed by atoms with Crippen LogP contribution in [-0.4, -0.2) is 24.9 Å². The maximum atomic E-state index is 12.8. The molecule has 2 amide bonds. The molecule has 1 aliphatic carbocycles. The Morgan fingerprint density at radius 2 is 1.89 bits per heavy atom. The molecule has 144 valence electrons. The van der Waals surface area contributed by atoms with Crippen LogP contribution in [0.1, 0.15) is 38.0 Å². The van der Waals surface area contributed by atoms with Gasteiger partial charge in [-0.25, -0.2) is 0 Å². The first-order chi connectivity index (χ1) is 13.0. The van der Waals surface area contributed by atoms with Crippen LogP contribution in [0.15, 0.2) is 41.0 Å². The molecule has 0 bridgehead atoms. The number of nitrogens with one attached hydrogen (secondary N) is 2. The smallest absolute Gasteiger partial charge is 0.240 e. The van der Waals surface area contributed by atoms with Gasteiger partial charge in [0.1, 0.15) is 11.2 Å². The Kier molecular flexibility index (Phi) is 5.54. The molecule has 1 fully saturated rings. The van der Waals surface area contributed by atoms with E-state index in [2.05, 4.69) is 35.4 Å². The Bertz CT molecular complexity index is 806. The number of anilines is 2. The molecule has 0 spiro atoms. The molecule has 1 heterocycles. The van der Waals surface area contributed by atoms with Crippen molar-refractivity contribution in [3.63, 3.8) is 0 Å². The van der Waals surface area contributed by atoms with Crippen molar-refractivity contribution in [3.8, 4) is 0 Å². The first-order valence-electron chi connectivity index (χ1n) is 9.48. The van der Waals surface area contributed by atoms with Gasteiger partial charge in [-0.1, -0.05) is 0 Å². The van der Waals surface area contributed by atoms with Gasteiger partial charge in [-0.3, -0.25) is 9.59 Å². The third-order valence-corrected chi connectivity index (χ3v) is 5.21. The van der Waals surface area contributed by atoms with Crippen LogP contribution in [0, 0.1) is 12.3 Å². The first-order valence-corrected chi connectivity index (χ1v) is 9.48. The number of benzene rings is 1. The summed E-state index contributed by atoms with van der Waals surface area (Å²) in [7, 11) is 0. The molecule has 0 radical (unpaired) electrons. The van der Waals surface area contributed by atoms with Crippen LogP contribution in [0.2, 0.25) is 0 Å². The molecule has 2 N–H and O–H groups in total. The number of furan rings is 1. The summed E-state index contributed by atoms with van der Waals surface area (Å²) in [5, 5.41) is 5.76. The summed E-state index contributed by atoms with van der Waals surface area (Å²) in [6.45, 7) is 8.36. The number of carbonyl (C=O) groups is 2.